The number of nitrogens with one attached hydrogen (secondary N) is 1. The lowest BCUT2D eigenvalue weighted by Crippen LogP contribution is -2.45. The Kier molecular flexibility index (Phi) is 6.26. The van der Waals surface area contributed by atoms with Crippen LogP contribution in [0.1, 0.15) is 12.8 Å². The summed E-state index contributed by atoms with van der Waals surface area (Å²) in [6, 6.07) is 8.84. The van der Waals surface area contributed by atoms with E-state index < -0.39 is 10.0 Å². The topological polar surface area (TPSA) is 80.8 Å². The predicted molar refractivity (Wildman–Crippen MR) is 125 cm³/mol. The molecule has 0 aliphatic carbocycles. The number of ether oxygens (including phenoxy) is 2. The van der Waals surface area contributed by atoms with Gasteiger partial charge in [-0.25, -0.2) is 18.1 Å². The van der Waals surface area contributed by atoms with Crippen LogP contribution in [0.15, 0.2) is 46.9 Å². The first kappa shape index (κ1) is 21.9. The number of nitrogens with zero attached hydrogens (tertiary/aromatic N) is 2. The maximum atomic E-state index is 12.4. The minimum Gasteiger partial charge on any atom is -0.486 e. The molecule has 1 atom stereocenters. The van der Waals surface area contributed by atoms with Crippen molar-refractivity contribution in [3.63, 3.8) is 0 Å². The lowest BCUT2D eigenvalue weighted by Gasteiger charge is -2.35. The van der Waals surface area contributed by atoms with Crippen LogP contribution in [0.4, 0.5) is 0 Å². The van der Waals surface area contributed by atoms with Gasteiger partial charge >= 0.3 is 0 Å². The van der Waals surface area contributed by atoms with Gasteiger partial charge in [0.15, 0.2) is 16.5 Å². The summed E-state index contributed by atoms with van der Waals surface area (Å²) in [4.78, 5) is 6.30. The van der Waals surface area contributed by atoms with Crippen molar-refractivity contribution in [3.05, 3.63) is 46.9 Å². The van der Waals surface area contributed by atoms with E-state index in [-0.39, 0.29) is 11.1 Å². The Balaban J connectivity index is 1.14. The van der Waals surface area contributed by atoms with E-state index in [1.165, 1.54) is 12.3 Å². The molecule has 0 saturated carbocycles. The second kappa shape index (κ2) is 9.15. The molecule has 4 heterocycles. The van der Waals surface area contributed by atoms with Crippen LogP contribution in [-0.2, 0) is 10.0 Å². The highest BCUT2D eigenvalue weighted by atomic mass is 35.5. The Morgan fingerprint density at radius 3 is 2.84 bits per heavy atom. The van der Waals surface area contributed by atoms with Crippen molar-refractivity contribution >= 4 is 43.0 Å². The molecule has 0 amide bonds. The number of hydrogen-bond donors (Lipinski definition) is 1. The molecule has 3 aromatic rings. The molecule has 1 fully saturated rings. The number of fused-ring (bicyclic) bond motifs is 3. The Labute approximate surface area is 196 Å². The van der Waals surface area contributed by atoms with Crippen LogP contribution in [0.25, 0.3) is 10.1 Å². The molecular formula is C22H24ClN3O4S2. The van der Waals surface area contributed by atoms with Crippen molar-refractivity contribution in [3.8, 4) is 11.5 Å². The van der Waals surface area contributed by atoms with Gasteiger partial charge in [0.05, 0.1) is 10.4 Å². The summed E-state index contributed by atoms with van der Waals surface area (Å²) in [7, 11) is -3.56. The molecule has 7 nitrogen and oxygen atoms in total. The largest absolute Gasteiger partial charge is 0.486 e. The van der Waals surface area contributed by atoms with Crippen LogP contribution in [-0.4, -0.2) is 57.2 Å². The first-order valence-corrected chi connectivity index (χ1v) is 13.4. The monoisotopic (exact) mass is 493 g/mol. The van der Waals surface area contributed by atoms with Gasteiger partial charge in [-0.15, -0.1) is 11.3 Å². The molecule has 0 radical (unpaired) electrons. The Morgan fingerprint density at radius 2 is 2.06 bits per heavy atom. The van der Waals surface area contributed by atoms with Crippen LogP contribution in [0.5, 0.6) is 11.5 Å². The molecule has 2 aromatic heterocycles. The van der Waals surface area contributed by atoms with Crippen molar-refractivity contribution in [2.24, 2.45) is 5.92 Å². The fourth-order valence-electron chi connectivity index (χ4n) is 4.22. The minimum absolute atomic E-state index is 0.0620. The van der Waals surface area contributed by atoms with Crippen molar-refractivity contribution in [1.82, 2.24) is 14.6 Å². The number of halogens is 1. The maximum absolute atomic E-state index is 12.4. The number of thiophene rings is 1. The number of piperidine rings is 1. The highest BCUT2D eigenvalue weighted by molar-refractivity contribution is 7.89. The smallest absolute Gasteiger partial charge is 0.258 e. The average Bonchev–Trinajstić information content (AvgIpc) is 3.20. The van der Waals surface area contributed by atoms with E-state index in [1.54, 1.807) is 23.5 Å². The molecular weight excluding hydrogens is 470 g/mol. The van der Waals surface area contributed by atoms with E-state index in [1.807, 2.05) is 17.5 Å². The Bertz CT molecular complexity index is 1190. The van der Waals surface area contributed by atoms with E-state index in [9.17, 15) is 8.42 Å². The molecule has 1 aromatic carbocycles. The summed E-state index contributed by atoms with van der Waals surface area (Å²) >= 11 is 7.98. The third kappa shape index (κ3) is 4.58. The van der Waals surface area contributed by atoms with Crippen LogP contribution in [0.2, 0.25) is 5.02 Å². The molecule has 10 heteroatoms. The lowest BCUT2D eigenvalue weighted by atomic mass is 9.97. The number of likely N-dealkylation sites (tertiary alicyclic amines) is 1. The van der Waals surface area contributed by atoms with Crippen molar-refractivity contribution < 1.29 is 17.9 Å². The number of rotatable bonds is 6. The highest BCUT2D eigenvalue weighted by Gasteiger charge is 2.29. The van der Waals surface area contributed by atoms with Crippen LogP contribution < -0.4 is 14.2 Å². The highest BCUT2D eigenvalue weighted by Crippen LogP contribution is 2.44. The fraction of sp³-hybridized carbons (Fsp3) is 0.409. The number of hydrogen-bond acceptors (Lipinski definition) is 7. The van der Waals surface area contributed by atoms with Crippen LogP contribution >= 0.6 is 22.9 Å². The van der Waals surface area contributed by atoms with Gasteiger partial charge in [0.2, 0.25) is 0 Å². The molecule has 2 aliphatic rings. The lowest BCUT2D eigenvalue weighted by molar-refractivity contribution is 0.0495. The average molecular weight is 494 g/mol. The predicted octanol–water partition coefficient (Wildman–Crippen LogP) is 3.78. The van der Waals surface area contributed by atoms with E-state index in [0.29, 0.717) is 24.1 Å². The zero-order chi connectivity index (χ0) is 22.1. The normalized spacial score (nSPS) is 20.0. The molecule has 5 rings (SSSR count). The van der Waals surface area contributed by atoms with E-state index in [4.69, 9.17) is 21.1 Å². The first-order valence-electron chi connectivity index (χ1n) is 10.6. The van der Waals surface area contributed by atoms with Crippen LogP contribution in [0.3, 0.4) is 0 Å². The molecule has 2 aliphatic heterocycles. The van der Waals surface area contributed by atoms with Gasteiger partial charge in [-0.3, -0.25) is 4.90 Å². The third-order valence-electron chi connectivity index (χ3n) is 5.96. The number of pyridine rings is 1. The van der Waals surface area contributed by atoms with E-state index in [2.05, 4.69) is 14.6 Å². The van der Waals surface area contributed by atoms with Gasteiger partial charge < -0.3 is 9.47 Å². The second-order valence-electron chi connectivity index (χ2n) is 8.16. The van der Waals surface area contributed by atoms with Gasteiger partial charge in [0.1, 0.15) is 12.7 Å². The van der Waals surface area contributed by atoms with Gasteiger partial charge in [-0.2, -0.15) is 0 Å². The minimum atomic E-state index is -3.56. The molecule has 0 bridgehead atoms. The number of aromatic nitrogens is 1. The summed E-state index contributed by atoms with van der Waals surface area (Å²) in [5.41, 5.74) is 0. The quantitative estimate of drug-likeness (QED) is 0.563. The molecule has 0 spiro atoms. The van der Waals surface area contributed by atoms with Crippen molar-refractivity contribution in [2.45, 2.75) is 24.0 Å². The summed E-state index contributed by atoms with van der Waals surface area (Å²) < 4.78 is 40.8. The molecule has 0 unspecified atom stereocenters. The number of sulfonamides is 1. The van der Waals surface area contributed by atoms with Crippen molar-refractivity contribution in [2.75, 3.05) is 32.8 Å². The Hall–Kier alpha value is -1.91. The maximum Gasteiger partial charge on any atom is 0.258 e. The third-order valence-corrected chi connectivity index (χ3v) is 8.68. The van der Waals surface area contributed by atoms with Gasteiger partial charge in [0.25, 0.3) is 10.0 Å². The summed E-state index contributed by atoms with van der Waals surface area (Å²) in [5, 5.41) is 3.61. The molecule has 32 heavy (non-hydrogen) atoms. The fourth-order valence-corrected chi connectivity index (χ4v) is 6.47. The molecule has 1 N–H and O–H groups in total. The second-order valence-corrected chi connectivity index (χ2v) is 11.2. The summed E-state index contributed by atoms with van der Waals surface area (Å²) in [6.45, 7) is 3.49. The van der Waals surface area contributed by atoms with Crippen molar-refractivity contribution in [1.29, 1.82) is 0 Å². The van der Waals surface area contributed by atoms with Crippen LogP contribution in [0, 0.1) is 5.92 Å². The SMILES string of the molecule is O=S(=O)(NCC1CCN(C[C@H]2COc3ccc4scc(Cl)c4c3O2)CC1)c1ccccn1. The number of benzene rings is 1. The molecule has 170 valence electrons. The van der Waals surface area contributed by atoms with E-state index in [0.717, 1.165) is 54.1 Å². The van der Waals surface area contributed by atoms with Gasteiger partial charge in [0, 0.05) is 29.4 Å². The summed E-state index contributed by atoms with van der Waals surface area (Å²) in [6.07, 6.45) is 3.27. The summed E-state index contributed by atoms with van der Waals surface area (Å²) in [5.74, 6) is 1.79. The van der Waals surface area contributed by atoms with E-state index >= 15 is 0 Å². The Morgan fingerprint density at radius 1 is 1.22 bits per heavy atom. The molecule has 1 saturated heterocycles. The standard InChI is InChI=1S/C22H24ClN3O4S2/c23-17-14-31-19-5-4-18-22(21(17)19)30-16(13-29-18)12-26-9-6-15(7-10-26)11-25-32(27,28)20-3-1-2-8-24-20/h1-5,8,14-16,25H,6-7,9-13H2/t16-/m0/s1. The first-order chi connectivity index (χ1) is 15.5. The zero-order valence-corrected chi connectivity index (χ0v) is 19.8. The van der Waals surface area contributed by atoms with Gasteiger partial charge in [-0.1, -0.05) is 17.7 Å². The zero-order valence-electron chi connectivity index (χ0n) is 17.4. The van der Waals surface area contributed by atoms with Gasteiger partial charge in [-0.05, 0) is 56.1 Å².